The second-order valence-corrected chi connectivity index (χ2v) is 9.62. The number of nitrogens with one attached hydrogen (secondary N) is 3. The maximum Gasteiger partial charge on any atom is 0.326 e. The average molecular weight is 473 g/mol. The molecule has 3 rings (SSSR count). The summed E-state index contributed by atoms with van der Waals surface area (Å²) >= 11 is 0. The average Bonchev–Trinajstić information content (AvgIpc) is 3.50. The molecular weight excluding hydrogens is 436 g/mol. The zero-order valence-corrected chi connectivity index (χ0v) is 20.0. The highest BCUT2D eigenvalue weighted by Gasteiger charge is 2.39. The molecule has 186 valence electrons. The Morgan fingerprint density at radius 2 is 1.79 bits per heavy atom. The minimum atomic E-state index is -1.11. The van der Waals surface area contributed by atoms with Crippen LogP contribution in [0.5, 0.6) is 0 Å². The summed E-state index contributed by atoms with van der Waals surface area (Å²) in [4.78, 5) is 52.6. The fourth-order valence-electron chi connectivity index (χ4n) is 4.69. The van der Waals surface area contributed by atoms with Crippen molar-refractivity contribution in [3.05, 3.63) is 35.9 Å². The predicted octanol–water partition coefficient (Wildman–Crippen LogP) is 1.07. The Balaban J connectivity index is 1.73. The summed E-state index contributed by atoms with van der Waals surface area (Å²) in [5.41, 5.74) is 0.841. The highest BCUT2D eigenvalue weighted by atomic mass is 16.4. The van der Waals surface area contributed by atoms with Crippen molar-refractivity contribution in [3.8, 4) is 0 Å². The summed E-state index contributed by atoms with van der Waals surface area (Å²) < 4.78 is 0. The highest BCUT2D eigenvalue weighted by molar-refractivity contribution is 5.94. The van der Waals surface area contributed by atoms with Gasteiger partial charge in [-0.3, -0.25) is 14.4 Å². The van der Waals surface area contributed by atoms with Crippen LogP contribution in [0.4, 0.5) is 0 Å². The van der Waals surface area contributed by atoms with E-state index in [4.69, 9.17) is 0 Å². The first-order chi connectivity index (χ1) is 16.3. The molecule has 2 heterocycles. The molecule has 0 bridgehead atoms. The van der Waals surface area contributed by atoms with Gasteiger partial charge in [0.1, 0.15) is 18.1 Å². The van der Waals surface area contributed by atoms with Gasteiger partial charge in [0, 0.05) is 13.0 Å². The Kier molecular flexibility index (Phi) is 9.04. The number of likely N-dealkylation sites (tertiary alicyclic amines) is 1. The van der Waals surface area contributed by atoms with Crippen molar-refractivity contribution < 1.29 is 24.3 Å². The minimum absolute atomic E-state index is 0.0675. The van der Waals surface area contributed by atoms with E-state index in [0.717, 1.165) is 31.4 Å². The SMILES string of the molecule is CC(C)CC(NC(=O)C(Cc1ccccc1)NC(=O)C1CCCN1C(=O)C1CCCN1)C(=O)O. The van der Waals surface area contributed by atoms with Gasteiger partial charge in [0.05, 0.1) is 6.04 Å². The first-order valence-electron chi connectivity index (χ1n) is 12.2. The van der Waals surface area contributed by atoms with E-state index in [9.17, 15) is 24.3 Å². The molecule has 3 amide bonds. The molecule has 0 aliphatic carbocycles. The van der Waals surface area contributed by atoms with Crippen molar-refractivity contribution in [3.63, 3.8) is 0 Å². The van der Waals surface area contributed by atoms with Gasteiger partial charge >= 0.3 is 5.97 Å². The van der Waals surface area contributed by atoms with E-state index in [2.05, 4.69) is 16.0 Å². The van der Waals surface area contributed by atoms with Gasteiger partial charge in [0.15, 0.2) is 0 Å². The number of nitrogens with zero attached hydrogens (tertiary/aromatic N) is 1. The fraction of sp³-hybridized carbons (Fsp3) is 0.600. The van der Waals surface area contributed by atoms with Crippen LogP contribution in [0.1, 0.15) is 51.5 Å². The maximum absolute atomic E-state index is 13.3. The van der Waals surface area contributed by atoms with Gasteiger partial charge in [-0.25, -0.2) is 4.79 Å². The molecule has 9 nitrogen and oxygen atoms in total. The topological polar surface area (TPSA) is 128 Å². The molecule has 2 saturated heterocycles. The first kappa shape index (κ1) is 25.7. The molecule has 1 aromatic carbocycles. The first-order valence-corrected chi connectivity index (χ1v) is 12.2. The summed E-state index contributed by atoms with van der Waals surface area (Å²) in [5, 5.41) is 18.2. The van der Waals surface area contributed by atoms with Crippen molar-refractivity contribution in [1.82, 2.24) is 20.9 Å². The van der Waals surface area contributed by atoms with Crippen LogP contribution >= 0.6 is 0 Å². The van der Waals surface area contributed by atoms with Crippen LogP contribution in [0.3, 0.4) is 0 Å². The van der Waals surface area contributed by atoms with Gasteiger partial charge in [-0.1, -0.05) is 44.2 Å². The third-order valence-corrected chi connectivity index (χ3v) is 6.43. The summed E-state index contributed by atoms with van der Waals surface area (Å²) in [6.07, 6.45) is 3.46. The summed E-state index contributed by atoms with van der Waals surface area (Å²) in [6.45, 7) is 5.08. The van der Waals surface area contributed by atoms with Crippen molar-refractivity contribution >= 4 is 23.7 Å². The van der Waals surface area contributed by atoms with Gasteiger partial charge in [0.25, 0.3) is 0 Å². The largest absolute Gasteiger partial charge is 0.480 e. The lowest BCUT2D eigenvalue weighted by atomic mass is 10.0. The Labute approximate surface area is 200 Å². The van der Waals surface area contributed by atoms with Crippen LogP contribution in [-0.2, 0) is 25.6 Å². The Bertz CT molecular complexity index is 869. The predicted molar refractivity (Wildman–Crippen MR) is 127 cm³/mol. The number of aliphatic carboxylic acids is 1. The smallest absolute Gasteiger partial charge is 0.326 e. The molecule has 1 aromatic rings. The van der Waals surface area contributed by atoms with E-state index in [0.29, 0.717) is 13.0 Å². The number of carboxylic acids is 1. The van der Waals surface area contributed by atoms with Crippen LogP contribution in [0.15, 0.2) is 30.3 Å². The number of hydrogen-bond donors (Lipinski definition) is 4. The van der Waals surface area contributed by atoms with Crippen LogP contribution in [0.25, 0.3) is 0 Å². The number of carbonyl (C=O) groups is 4. The van der Waals surface area contributed by atoms with E-state index >= 15 is 0 Å². The molecule has 0 spiro atoms. The van der Waals surface area contributed by atoms with Crippen molar-refractivity contribution in [2.75, 3.05) is 13.1 Å². The maximum atomic E-state index is 13.3. The lowest BCUT2D eigenvalue weighted by Crippen LogP contribution is -2.57. The second-order valence-electron chi connectivity index (χ2n) is 9.62. The number of carboxylic acid groups (broad SMARTS) is 1. The van der Waals surface area contributed by atoms with E-state index < -0.39 is 30.0 Å². The van der Waals surface area contributed by atoms with Gasteiger partial charge in [0.2, 0.25) is 17.7 Å². The molecule has 34 heavy (non-hydrogen) atoms. The standard InChI is InChI=1S/C25H36N4O5/c1-16(2)14-20(25(33)34)28-22(30)19(15-17-8-4-3-5-9-17)27-23(31)21-11-7-13-29(21)24(32)18-10-6-12-26-18/h3-5,8-9,16,18-21,26H,6-7,10-15H2,1-2H3,(H,27,31)(H,28,30)(H,33,34). The molecule has 0 saturated carbocycles. The molecule has 2 fully saturated rings. The van der Waals surface area contributed by atoms with Crippen LogP contribution in [-0.4, -0.2) is 71.0 Å². The zero-order chi connectivity index (χ0) is 24.7. The van der Waals surface area contributed by atoms with E-state index in [1.165, 1.54) is 0 Å². The molecule has 9 heteroatoms. The molecule has 0 radical (unpaired) electrons. The van der Waals surface area contributed by atoms with E-state index in [1.54, 1.807) is 4.90 Å². The van der Waals surface area contributed by atoms with Gasteiger partial charge in [-0.2, -0.15) is 0 Å². The Morgan fingerprint density at radius 1 is 1.06 bits per heavy atom. The lowest BCUT2D eigenvalue weighted by molar-refractivity contribution is -0.143. The minimum Gasteiger partial charge on any atom is -0.480 e. The summed E-state index contributed by atoms with van der Waals surface area (Å²) in [7, 11) is 0. The fourth-order valence-corrected chi connectivity index (χ4v) is 4.69. The third-order valence-electron chi connectivity index (χ3n) is 6.43. The Morgan fingerprint density at radius 3 is 2.41 bits per heavy atom. The molecule has 2 aliphatic heterocycles. The third kappa shape index (κ3) is 6.79. The number of rotatable bonds is 10. The van der Waals surface area contributed by atoms with E-state index in [-0.39, 0.29) is 36.6 Å². The van der Waals surface area contributed by atoms with Crippen LogP contribution in [0.2, 0.25) is 0 Å². The second kappa shape index (κ2) is 12.0. The van der Waals surface area contributed by atoms with Gasteiger partial charge in [-0.05, 0) is 50.1 Å². The number of amides is 3. The zero-order valence-electron chi connectivity index (χ0n) is 20.0. The quantitative estimate of drug-likeness (QED) is 0.403. The molecule has 4 atom stereocenters. The van der Waals surface area contributed by atoms with Gasteiger partial charge in [-0.15, -0.1) is 0 Å². The lowest BCUT2D eigenvalue weighted by Gasteiger charge is -2.29. The summed E-state index contributed by atoms with van der Waals surface area (Å²) in [5.74, 6) is -2.02. The number of carbonyl (C=O) groups excluding carboxylic acids is 3. The van der Waals surface area contributed by atoms with E-state index in [1.807, 2.05) is 44.2 Å². The monoisotopic (exact) mass is 472 g/mol. The van der Waals surface area contributed by atoms with Crippen molar-refractivity contribution in [1.29, 1.82) is 0 Å². The Hall–Kier alpha value is -2.94. The van der Waals surface area contributed by atoms with Crippen molar-refractivity contribution in [2.24, 2.45) is 5.92 Å². The van der Waals surface area contributed by atoms with Gasteiger partial charge < -0.3 is 26.0 Å². The molecule has 4 unspecified atom stereocenters. The summed E-state index contributed by atoms with van der Waals surface area (Å²) in [6, 6.07) is 6.37. The molecule has 4 N–H and O–H groups in total. The highest BCUT2D eigenvalue weighted by Crippen LogP contribution is 2.21. The number of hydrogen-bond acceptors (Lipinski definition) is 5. The molecule has 2 aliphatic rings. The molecular formula is C25H36N4O5. The number of benzene rings is 1. The normalized spacial score (nSPS) is 21.8. The van der Waals surface area contributed by atoms with Crippen LogP contribution < -0.4 is 16.0 Å². The molecule has 0 aromatic heterocycles. The van der Waals surface area contributed by atoms with Crippen LogP contribution in [0, 0.1) is 5.92 Å². The van der Waals surface area contributed by atoms with Crippen molar-refractivity contribution in [2.45, 2.75) is 76.5 Å².